The standard InChI is InChI=1S/C27H22FO2P.CHCl3/c1-21-17-19-22(20-18-21)26(29)27(28,23-11-5-2-6-12-23)31(30,24-13-7-3-8-14-24)25-15-9-4-10-16-25;2-1(3)4/h2-20H,1H3;1H/t27-;/m1./s1. The molecular weight excluding hydrogens is 525 g/mol. The van der Waals surface area contributed by atoms with E-state index >= 15 is 4.39 Å². The minimum absolute atomic E-state index is 0.0802. The minimum Gasteiger partial charge on any atom is -0.309 e. The van der Waals surface area contributed by atoms with Crippen LogP contribution < -0.4 is 10.6 Å². The lowest BCUT2D eigenvalue weighted by molar-refractivity contribution is 0.0824. The number of rotatable bonds is 6. The summed E-state index contributed by atoms with van der Waals surface area (Å²) in [5, 5.41) is -2.17. The molecule has 0 aromatic heterocycles. The molecule has 0 bridgehead atoms. The molecule has 7 heteroatoms. The Morgan fingerprint density at radius 2 is 1.09 bits per heavy atom. The maximum absolute atomic E-state index is 17.5. The molecule has 180 valence electrons. The Morgan fingerprint density at radius 1 is 0.714 bits per heavy atom. The van der Waals surface area contributed by atoms with Crippen molar-refractivity contribution in [3.05, 3.63) is 132 Å². The van der Waals surface area contributed by atoms with Gasteiger partial charge in [0.05, 0.1) is 0 Å². The largest absolute Gasteiger partial charge is 0.309 e. The van der Waals surface area contributed by atoms with E-state index in [9.17, 15) is 9.36 Å². The van der Waals surface area contributed by atoms with E-state index in [0.717, 1.165) is 5.56 Å². The maximum atomic E-state index is 17.5. The molecular formula is C28H23Cl3FO2P. The Morgan fingerprint density at radius 3 is 1.49 bits per heavy atom. The molecule has 1 atom stereocenters. The van der Waals surface area contributed by atoms with Crippen LogP contribution in [0, 0.1) is 6.92 Å². The third-order valence-corrected chi connectivity index (χ3v) is 8.82. The summed E-state index contributed by atoms with van der Waals surface area (Å²) in [4.78, 5) is 13.8. The number of hydrogen-bond acceptors (Lipinski definition) is 2. The zero-order valence-corrected chi connectivity index (χ0v) is 22.0. The van der Waals surface area contributed by atoms with Gasteiger partial charge in [-0.15, -0.1) is 0 Å². The Labute approximate surface area is 220 Å². The summed E-state index contributed by atoms with van der Waals surface area (Å²) in [5.74, 6) is -0.810. The molecule has 0 aliphatic rings. The van der Waals surface area contributed by atoms with Crippen molar-refractivity contribution in [2.75, 3.05) is 0 Å². The zero-order valence-electron chi connectivity index (χ0n) is 18.8. The first-order valence-corrected chi connectivity index (χ1v) is 13.7. The predicted octanol–water partition coefficient (Wildman–Crippen LogP) is 8.00. The molecule has 35 heavy (non-hydrogen) atoms. The number of ketones is 1. The van der Waals surface area contributed by atoms with Crippen LogP contribution in [0.3, 0.4) is 0 Å². The smallest absolute Gasteiger partial charge is 0.257 e. The Hall–Kier alpha value is -2.42. The van der Waals surface area contributed by atoms with Gasteiger partial charge in [0.15, 0.2) is 11.4 Å². The molecule has 0 fully saturated rings. The van der Waals surface area contributed by atoms with Gasteiger partial charge in [-0.3, -0.25) is 4.79 Å². The minimum atomic E-state index is -4.12. The van der Waals surface area contributed by atoms with Crippen molar-refractivity contribution in [3.63, 3.8) is 0 Å². The fourth-order valence-corrected chi connectivity index (χ4v) is 6.91. The van der Waals surface area contributed by atoms with Gasteiger partial charge in [-0.2, -0.15) is 0 Å². The zero-order chi connectivity index (χ0) is 25.5. The topological polar surface area (TPSA) is 34.1 Å². The summed E-state index contributed by atoms with van der Waals surface area (Å²) in [6.07, 6.45) is 0. The number of halogens is 4. The lowest BCUT2D eigenvalue weighted by Crippen LogP contribution is -2.39. The van der Waals surface area contributed by atoms with E-state index in [0.29, 0.717) is 10.6 Å². The summed E-state index contributed by atoms with van der Waals surface area (Å²) in [6, 6.07) is 31.8. The molecule has 0 saturated carbocycles. The maximum Gasteiger partial charge on any atom is 0.257 e. The number of carbonyl (C=O) groups excluding carboxylic acids is 1. The number of carbonyl (C=O) groups is 1. The summed E-state index contributed by atoms with van der Waals surface area (Å²) >= 11 is 14.4. The fourth-order valence-electron chi connectivity index (χ4n) is 3.79. The van der Waals surface area contributed by atoms with E-state index in [1.807, 2.05) is 6.92 Å². The normalized spacial score (nSPS) is 12.9. The number of Topliss-reactive ketones (excluding diaryl/α,β-unsaturated/α-hetero) is 1. The highest BCUT2D eigenvalue weighted by Gasteiger charge is 2.58. The molecule has 0 saturated heterocycles. The van der Waals surface area contributed by atoms with Gasteiger partial charge < -0.3 is 4.57 Å². The molecule has 4 aromatic carbocycles. The average molecular weight is 548 g/mol. The van der Waals surface area contributed by atoms with E-state index in [1.165, 1.54) is 12.1 Å². The van der Waals surface area contributed by atoms with Gasteiger partial charge in [0, 0.05) is 21.7 Å². The predicted molar refractivity (Wildman–Crippen MR) is 146 cm³/mol. The highest BCUT2D eigenvalue weighted by Crippen LogP contribution is 2.63. The van der Waals surface area contributed by atoms with Crippen molar-refractivity contribution >= 4 is 58.3 Å². The van der Waals surface area contributed by atoms with Crippen molar-refractivity contribution in [3.8, 4) is 0 Å². The van der Waals surface area contributed by atoms with E-state index in [-0.39, 0.29) is 11.1 Å². The molecule has 0 aliphatic heterocycles. The molecule has 0 heterocycles. The second-order valence-corrected chi connectivity index (χ2v) is 12.6. The van der Waals surface area contributed by atoms with E-state index < -0.39 is 22.6 Å². The van der Waals surface area contributed by atoms with Gasteiger partial charge in [0.2, 0.25) is 5.78 Å². The molecule has 4 rings (SSSR count). The SMILES string of the molecule is Cc1ccc(C(=O)[C@@](F)(c2ccccc2)P(=O)(c2ccccc2)c2ccccc2)cc1.ClC(Cl)Cl. The van der Waals surface area contributed by atoms with E-state index in [2.05, 4.69) is 0 Å². The van der Waals surface area contributed by atoms with Crippen LogP contribution in [0.25, 0.3) is 0 Å². The highest BCUT2D eigenvalue weighted by atomic mass is 35.6. The van der Waals surface area contributed by atoms with Crippen molar-refractivity contribution in [2.24, 2.45) is 0 Å². The lowest BCUT2D eigenvalue weighted by atomic mass is 9.99. The summed E-state index contributed by atoms with van der Waals surface area (Å²) in [5.41, 5.74) is 1.22. The van der Waals surface area contributed by atoms with Crippen molar-refractivity contribution < 1.29 is 13.8 Å². The molecule has 0 amide bonds. The van der Waals surface area contributed by atoms with Gasteiger partial charge >= 0.3 is 0 Å². The van der Waals surface area contributed by atoms with Gasteiger partial charge in [-0.1, -0.05) is 156 Å². The number of alkyl halides is 4. The summed E-state index contributed by atoms with van der Waals surface area (Å²) < 4.78 is 31.7. The fraction of sp³-hybridized carbons (Fsp3) is 0.107. The van der Waals surface area contributed by atoms with Gasteiger partial charge in [0.25, 0.3) is 5.41 Å². The first kappa shape index (κ1) is 27.2. The first-order valence-electron chi connectivity index (χ1n) is 10.7. The first-order chi connectivity index (χ1) is 16.7. The van der Waals surface area contributed by atoms with Crippen LogP contribution in [0.15, 0.2) is 115 Å². The van der Waals surface area contributed by atoms with E-state index in [1.54, 1.807) is 103 Å². The van der Waals surface area contributed by atoms with Gasteiger partial charge in [0.1, 0.15) is 0 Å². The number of hydrogen-bond donors (Lipinski definition) is 0. The Bertz CT molecular complexity index is 1240. The summed E-state index contributed by atoms with van der Waals surface area (Å²) in [6.45, 7) is 1.90. The van der Waals surface area contributed by atoms with E-state index in [4.69, 9.17) is 34.8 Å². The molecule has 0 aliphatic carbocycles. The van der Waals surface area contributed by atoms with Crippen LogP contribution in [-0.4, -0.2) is 10.1 Å². The van der Waals surface area contributed by atoms with Crippen LogP contribution in [0.5, 0.6) is 0 Å². The lowest BCUT2D eigenvalue weighted by Gasteiger charge is -2.34. The van der Waals surface area contributed by atoms with Crippen molar-refractivity contribution in [1.29, 1.82) is 0 Å². The molecule has 0 N–H and O–H groups in total. The van der Waals surface area contributed by atoms with Crippen LogP contribution >= 0.6 is 41.9 Å². The third-order valence-electron chi connectivity index (χ3n) is 5.44. The Kier molecular flexibility index (Phi) is 9.33. The monoisotopic (exact) mass is 546 g/mol. The average Bonchev–Trinajstić information content (AvgIpc) is 2.89. The molecule has 0 spiro atoms. The van der Waals surface area contributed by atoms with Crippen LogP contribution in [-0.2, 0) is 9.97 Å². The molecule has 4 aromatic rings. The number of benzene rings is 4. The Balaban J connectivity index is 0.000000795. The number of aryl methyl sites for hydroxylation is 1. The van der Waals surface area contributed by atoms with Crippen LogP contribution in [0.2, 0.25) is 0 Å². The molecule has 2 nitrogen and oxygen atoms in total. The van der Waals surface area contributed by atoms with Crippen molar-refractivity contribution in [1.82, 2.24) is 0 Å². The van der Waals surface area contributed by atoms with Gasteiger partial charge in [-0.05, 0) is 6.92 Å². The second-order valence-electron chi connectivity index (χ2n) is 7.71. The van der Waals surface area contributed by atoms with Crippen LogP contribution in [0.1, 0.15) is 21.5 Å². The third kappa shape index (κ3) is 5.88. The quantitative estimate of drug-likeness (QED) is 0.139. The van der Waals surface area contributed by atoms with Crippen molar-refractivity contribution in [2.45, 2.75) is 16.6 Å². The van der Waals surface area contributed by atoms with Crippen LogP contribution in [0.4, 0.5) is 4.39 Å². The molecule has 0 radical (unpaired) electrons. The summed E-state index contributed by atoms with van der Waals surface area (Å²) in [7, 11) is -4.12. The highest BCUT2D eigenvalue weighted by molar-refractivity contribution is 7.80. The molecule has 0 unspecified atom stereocenters. The second kappa shape index (κ2) is 12.0. The van der Waals surface area contributed by atoms with Gasteiger partial charge in [-0.25, -0.2) is 4.39 Å².